The van der Waals surface area contributed by atoms with Crippen molar-refractivity contribution in [2.45, 2.75) is 174 Å². The molecule has 0 aliphatic heterocycles. The summed E-state index contributed by atoms with van der Waals surface area (Å²) in [6, 6.07) is -0.862. The van der Waals surface area contributed by atoms with Crippen molar-refractivity contribution in [1.29, 1.82) is 0 Å². The Morgan fingerprint density at radius 1 is 0.680 bits per heavy atom. The van der Waals surface area contributed by atoms with Crippen LogP contribution in [0.2, 0.25) is 0 Å². The van der Waals surface area contributed by atoms with Crippen LogP contribution in [0.3, 0.4) is 0 Å². The van der Waals surface area contributed by atoms with E-state index in [1.165, 1.54) is 77.0 Å². The molecular formula is C41H75N2O6P. The second kappa shape index (κ2) is 37.0. The van der Waals surface area contributed by atoms with Gasteiger partial charge >= 0.3 is 7.82 Å². The molecule has 0 bridgehead atoms. The van der Waals surface area contributed by atoms with Crippen molar-refractivity contribution in [3.05, 3.63) is 60.8 Å². The maximum Gasteiger partial charge on any atom is 0.472 e. The first-order valence-corrected chi connectivity index (χ1v) is 21.4. The molecule has 0 saturated heterocycles. The number of phosphoric ester groups is 1. The van der Waals surface area contributed by atoms with Crippen molar-refractivity contribution in [2.75, 3.05) is 19.8 Å². The van der Waals surface area contributed by atoms with Gasteiger partial charge < -0.3 is 21.1 Å². The predicted octanol–water partition coefficient (Wildman–Crippen LogP) is 10.7. The lowest BCUT2D eigenvalue weighted by atomic mass is 10.0. The van der Waals surface area contributed by atoms with E-state index in [1.54, 1.807) is 6.08 Å². The Hall–Kier alpha value is -1.80. The smallest absolute Gasteiger partial charge is 0.387 e. The van der Waals surface area contributed by atoms with Crippen LogP contribution in [0.1, 0.15) is 162 Å². The van der Waals surface area contributed by atoms with E-state index in [4.69, 9.17) is 14.8 Å². The molecule has 5 N–H and O–H groups in total. The second-order valence-corrected chi connectivity index (χ2v) is 14.6. The largest absolute Gasteiger partial charge is 0.472 e. The molecule has 0 aromatic heterocycles. The van der Waals surface area contributed by atoms with Crippen LogP contribution in [-0.4, -0.2) is 47.8 Å². The average molecular weight is 723 g/mol. The Morgan fingerprint density at radius 3 is 1.70 bits per heavy atom. The first-order valence-electron chi connectivity index (χ1n) is 19.9. The van der Waals surface area contributed by atoms with Gasteiger partial charge in [0.2, 0.25) is 5.91 Å². The van der Waals surface area contributed by atoms with E-state index in [-0.39, 0.29) is 25.7 Å². The van der Waals surface area contributed by atoms with Gasteiger partial charge in [-0.2, -0.15) is 0 Å². The number of phosphoric acid groups is 1. The predicted molar refractivity (Wildman–Crippen MR) is 212 cm³/mol. The maximum atomic E-state index is 12.7. The number of nitrogens with one attached hydrogen (secondary N) is 1. The molecule has 0 spiro atoms. The Kier molecular flexibility index (Phi) is 35.6. The minimum Gasteiger partial charge on any atom is -0.387 e. The summed E-state index contributed by atoms with van der Waals surface area (Å²) in [7, 11) is -4.33. The lowest BCUT2D eigenvalue weighted by Gasteiger charge is -2.23. The number of rotatable bonds is 36. The summed E-state index contributed by atoms with van der Waals surface area (Å²) in [5.74, 6) is -0.206. The molecule has 9 heteroatoms. The fourth-order valence-electron chi connectivity index (χ4n) is 5.36. The van der Waals surface area contributed by atoms with Gasteiger partial charge in [0.05, 0.1) is 25.4 Å². The fraction of sp³-hybridized carbons (Fsp3) is 0.732. The van der Waals surface area contributed by atoms with Gasteiger partial charge in [-0.25, -0.2) is 4.57 Å². The molecule has 3 atom stereocenters. The third-order valence-corrected chi connectivity index (χ3v) is 9.33. The zero-order chi connectivity index (χ0) is 36.8. The van der Waals surface area contributed by atoms with Crippen molar-refractivity contribution in [1.82, 2.24) is 5.32 Å². The standard InChI is InChI=1S/C41H75N2O6P/c1-3-5-7-9-11-13-14-15-16-17-18-19-20-21-22-23-24-25-26-27-29-31-33-35-41(45)43-39(38-49-50(46,47)48-37-36-42)40(44)34-32-30-28-12-10-8-6-4-2/h5,7,11,13,15-16,18-19,32,34,39-40,44H,3-4,6,8-10,12,14,17,20-31,33,35-38,42H2,1-2H3,(H,43,45)(H,46,47)/b7-5-,13-11-,16-15-,19-18-,34-32+. The molecule has 290 valence electrons. The summed E-state index contributed by atoms with van der Waals surface area (Å²) in [6.45, 7) is 3.95. The molecule has 0 aliphatic rings. The van der Waals surface area contributed by atoms with Crippen molar-refractivity contribution in [3.8, 4) is 0 Å². The highest BCUT2D eigenvalue weighted by Gasteiger charge is 2.26. The van der Waals surface area contributed by atoms with Crippen LogP contribution in [0, 0.1) is 0 Å². The van der Waals surface area contributed by atoms with Crippen LogP contribution in [0.4, 0.5) is 0 Å². The monoisotopic (exact) mass is 723 g/mol. The molecule has 50 heavy (non-hydrogen) atoms. The summed E-state index contributed by atoms with van der Waals surface area (Å²) in [5.41, 5.74) is 5.35. The Labute approximate surface area is 306 Å². The highest BCUT2D eigenvalue weighted by Crippen LogP contribution is 2.43. The summed E-state index contributed by atoms with van der Waals surface area (Å²) < 4.78 is 22.0. The number of nitrogens with two attached hydrogens (primary N) is 1. The van der Waals surface area contributed by atoms with E-state index in [2.05, 4.69) is 67.8 Å². The van der Waals surface area contributed by atoms with Crippen LogP contribution in [0.15, 0.2) is 60.8 Å². The number of allylic oxidation sites excluding steroid dienone is 9. The maximum absolute atomic E-state index is 12.7. The number of aliphatic hydroxyl groups is 1. The van der Waals surface area contributed by atoms with Crippen LogP contribution >= 0.6 is 7.82 Å². The van der Waals surface area contributed by atoms with E-state index in [0.29, 0.717) is 6.42 Å². The first kappa shape index (κ1) is 48.2. The molecule has 0 radical (unpaired) electrons. The molecule has 3 unspecified atom stereocenters. The van der Waals surface area contributed by atoms with Gasteiger partial charge in [0, 0.05) is 13.0 Å². The summed E-state index contributed by atoms with van der Waals surface area (Å²) in [6.07, 6.45) is 45.7. The molecule has 0 heterocycles. The quantitative estimate of drug-likeness (QED) is 0.0288. The van der Waals surface area contributed by atoms with Gasteiger partial charge in [0.15, 0.2) is 0 Å². The van der Waals surface area contributed by atoms with Gasteiger partial charge in [-0.05, 0) is 57.8 Å². The van der Waals surface area contributed by atoms with Crippen LogP contribution in [0.5, 0.6) is 0 Å². The number of carbonyl (C=O) groups excluding carboxylic acids is 1. The van der Waals surface area contributed by atoms with Gasteiger partial charge in [-0.1, -0.05) is 158 Å². The average Bonchev–Trinajstić information content (AvgIpc) is 3.10. The zero-order valence-electron chi connectivity index (χ0n) is 31.9. The summed E-state index contributed by atoms with van der Waals surface area (Å²) >= 11 is 0. The van der Waals surface area contributed by atoms with Crippen molar-refractivity contribution in [3.63, 3.8) is 0 Å². The fourth-order valence-corrected chi connectivity index (χ4v) is 6.12. The normalized spacial score (nSPS) is 14.9. The first-order chi connectivity index (χ1) is 24.4. The van der Waals surface area contributed by atoms with Crippen molar-refractivity contribution in [2.24, 2.45) is 5.73 Å². The Bertz CT molecular complexity index is 965. The highest BCUT2D eigenvalue weighted by atomic mass is 31.2. The molecule has 1 amide bonds. The van der Waals surface area contributed by atoms with E-state index in [9.17, 15) is 19.4 Å². The third kappa shape index (κ3) is 34.6. The van der Waals surface area contributed by atoms with Gasteiger partial charge in [-0.15, -0.1) is 0 Å². The molecule has 8 nitrogen and oxygen atoms in total. The SMILES string of the molecule is CC/C=C\C/C=C\C/C=C\C/C=C\CCCCCCCCCCCCC(=O)NC(COP(=O)(O)OCCN)C(O)/C=C/CCCCCCCC. The summed E-state index contributed by atoms with van der Waals surface area (Å²) in [5, 5.41) is 13.5. The molecule has 0 saturated carbocycles. The second-order valence-electron chi connectivity index (χ2n) is 13.1. The van der Waals surface area contributed by atoms with E-state index < -0.39 is 20.0 Å². The number of hydrogen-bond acceptors (Lipinski definition) is 6. The van der Waals surface area contributed by atoms with E-state index in [1.807, 2.05) is 6.08 Å². The topological polar surface area (TPSA) is 131 Å². The van der Waals surface area contributed by atoms with Gasteiger partial charge in [0.25, 0.3) is 0 Å². The van der Waals surface area contributed by atoms with E-state index >= 15 is 0 Å². The minimum absolute atomic E-state index is 0.0750. The summed E-state index contributed by atoms with van der Waals surface area (Å²) in [4.78, 5) is 22.6. The number of hydrogen-bond donors (Lipinski definition) is 4. The van der Waals surface area contributed by atoms with Crippen LogP contribution in [-0.2, 0) is 18.4 Å². The lowest BCUT2D eigenvalue weighted by molar-refractivity contribution is -0.123. The highest BCUT2D eigenvalue weighted by molar-refractivity contribution is 7.47. The molecule has 0 aromatic rings. The molecule has 0 aromatic carbocycles. The van der Waals surface area contributed by atoms with Crippen molar-refractivity contribution >= 4 is 13.7 Å². The molecule has 0 aliphatic carbocycles. The number of amides is 1. The Balaban J connectivity index is 4.09. The molecule has 0 rings (SSSR count). The van der Waals surface area contributed by atoms with E-state index in [0.717, 1.165) is 64.2 Å². The number of carbonyl (C=O) groups is 1. The lowest BCUT2D eigenvalue weighted by Crippen LogP contribution is -2.45. The van der Waals surface area contributed by atoms with Crippen molar-refractivity contribution < 1.29 is 28.4 Å². The number of unbranched alkanes of at least 4 members (excludes halogenated alkanes) is 16. The zero-order valence-corrected chi connectivity index (χ0v) is 32.8. The molecule has 0 fully saturated rings. The third-order valence-electron chi connectivity index (χ3n) is 8.35. The van der Waals surface area contributed by atoms with Crippen LogP contribution < -0.4 is 11.1 Å². The number of aliphatic hydroxyl groups excluding tert-OH is 1. The van der Waals surface area contributed by atoms with Gasteiger partial charge in [0.1, 0.15) is 0 Å². The minimum atomic E-state index is -4.33. The Morgan fingerprint density at radius 2 is 1.16 bits per heavy atom. The van der Waals surface area contributed by atoms with Gasteiger partial charge in [-0.3, -0.25) is 13.8 Å². The molecular weight excluding hydrogens is 647 g/mol. The van der Waals surface area contributed by atoms with Crippen LogP contribution in [0.25, 0.3) is 0 Å².